The van der Waals surface area contributed by atoms with Crippen LogP contribution in [0.15, 0.2) is 4.79 Å². The van der Waals surface area contributed by atoms with Gasteiger partial charge in [-0.1, -0.05) is 0 Å². The summed E-state index contributed by atoms with van der Waals surface area (Å²) < 4.78 is 0. The maximum absolute atomic E-state index is 11.6. The maximum atomic E-state index is 11.6. The van der Waals surface area contributed by atoms with E-state index in [0.29, 0.717) is 30.6 Å². The number of nitrogens with zero attached hydrogens (tertiary/aromatic N) is 1. The molecule has 7 heteroatoms. The summed E-state index contributed by atoms with van der Waals surface area (Å²) in [5, 5.41) is 2.62. The van der Waals surface area contributed by atoms with Crippen LogP contribution in [0, 0.1) is 6.92 Å². The molecule has 0 aliphatic heterocycles. The van der Waals surface area contributed by atoms with Crippen molar-refractivity contribution in [1.29, 1.82) is 0 Å². The van der Waals surface area contributed by atoms with Crippen LogP contribution >= 0.6 is 11.6 Å². The Morgan fingerprint density at radius 2 is 2.29 bits per heavy atom. The molecule has 4 N–H and O–H groups in total. The highest BCUT2D eigenvalue weighted by molar-refractivity contribution is 6.27. The molecule has 0 spiro atoms. The summed E-state index contributed by atoms with van der Waals surface area (Å²) in [5.74, 6) is -0.150. The molecule has 6 nitrogen and oxygen atoms in total. The van der Waals surface area contributed by atoms with Gasteiger partial charge in [0.15, 0.2) is 0 Å². The minimum absolute atomic E-state index is 0.0525. The normalized spacial score (nSPS) is 10.2. The minimum Gasteiger partial charge on any atom is -0.369 e. The zero-order valence-electron chi connectivity index (χ0n) is 9.55. The van der Waals surface area contributed by atoms with Crippen molar-refractivity contribution in [2.75, 3.05) is 18.2 Å². The molecule has 0 aliphatic carbocycles. The molecule has 0 aromatic carbocycles. The van der Waals surface area contributed by atoms with E-state index in [4.69, 9.17) is 17.3 Å². The van der Waals surface area contributed by atoms with Crippen LogP contribution in [0.4, 0.5) is 5.95 Å². The number of hydrogen-bond acceptors (Lipinski definition) is 4. The van der Waals surface area contributed by atoms with E-state index in [0.717, 1.165) is 0 Å². The summed E-state index contributed by atoms with van der Waals surface area (Å²) in [6, 6.07) is 0. The summed E-state index contributed by atoms with van der Waals surface area (Å²) in [6.07, 6.45) is 1.19. The molecule has 0 unspecified atom stereocenters. The smallest absolute Gasteiger partial charge is 0.255 e. The van der Waals surface area contributed by atoms with Crippen LogP contribution in [-0.4, -0.2) is 28.3 Å². The number of nitrogens with one attached hydrogen (secondary N) is 2. The van der Waals surface area contributed by atoms with E-state index in [2.05, 4.69) is 15.3 Å². The van der Waals surface area contributed by atoms with E-state index in [-0.39, 0.29) is 23.3 Å². The van der Waals surface area contributed by atoms with Gasteiger partial charge in [-0.25, -0.2) is 4.98 Å². The van der Waals surface area contributed by atoms with Gasteiger partial charge >= 0.3 is 0 Å². The predicted molar refractivity (Wildman–Crippen MR) is 66.1 cm³/mol. The molecule has 17 heavy (non-hydrogen) atoms. The number of hydrogen-bond donors (Lipinski definition) is 3. The number of anilines is 1. The third-order valence-electron chi connectivity index (χ3n) is 2.29. The van der Waals surface area contributed by atoms with Crippen molar-refractivity contribution in [2.24, 2.45) is 0 Å². The lowest BCUT2D eigenvalue weighted by atomic mass is 10.1. The third-order valence-corrected chi connectivity index (χ3v) is 2.53. The van der Waals surface area contributed by atoms with Gasteiger partial charge in [0.1, 0.15) is 5.88 Å². The first-order valence-corrected chi connectivity index (χ1v) is 5.76. The molecule has 1 heterocycles. The molecule has 94 valence electrons. The molecule has 0 fully saturated rings. The molecule has 0 saturated carbocycles. The summed E-state index contributed by atoms with van der Waals surface area (Å²) in [6.45, 7) is 2.22. The van der Waals surface area contributed by atoms with Crippen molar-refractivity contribution in [1.82, 2.24) is 15.3 Å². The number of carbonyl (C=O) groups excluding carboxylic acids is 1. The lowest BCUT2D eigenvalue weighted by Crippen LogP contribution is -2.26. The van der Waals surface area contributed by atoms with Crippen molar-refractivity contribution in [2.45, 2.75) is 19.8 Å². The van der Waals surface area contributed by atoms with Gasteiger partial charge in [-0.15, -0.1) is 11.6 Å². The molecule has 1 rings (SSSR count). The molecule has 0 atom stereocenters. The van der Waals surface area contributed by atoms with Crippen molar-refractivity contribution in [3.8, 4) is 0 Å². The highest BCUT2D eigenvalue weighted by Gasteiger charge is 2.06. The van der Waals surface area contributed by atoms with Crippen molar-refractivity contribution in [3.63, 3.8) is 0 Å². The molecule has 1 aromatic rings. The van der Waals surface area contributed by atoms with Gasteiger partial charge < -0.3 is 11.1 Å². The predicted octanol–water partition coefficient (Wildman–Crippen LogP) is -0.0519. The van der Waals surface area contributed by atoms with Crippen LogP contribution in [0.2, 0.25) is 0 Å². The molecule has 1 aromatic heterocycles. The molecule has 0 saturated heterocycles. The number of aromatic amines is 1. The zero-order chi connectivity index (χ0) is 12.8. The van der Waals surface area contributed by atoms with Crippen molar-refractivity contribution >= 4 is 23.5 Å². The largest absolute Gasteiger partial charge is 0.369 e. The Morgan fingerprint density at radius 1 is 1.59 bits per heavy atom. The highest BCUT2D eigenvalue weighted by atomic mass is 35.5. The number of nitrogen functional groups attached to an aromatic ring is 1. The van der Waals surface area contributed by atoms with Gasteiger partial charge in [-0.2, -0.15) is 0 Å². The van der Waals surface area contributed by atoms with E-state index >= 15 is 0 Å². The van der Waals surface area contributed by atoms with E-state index in [1.807, 2.05) is 0 Å². The molecule has 0 bridgehead atoms. The number of aromatic nitrogens is 2. The van der Waals surface area contributed by atoms with Crippen molar-refractivity contribution < 1.29 is 4.79 Å². The molecule has 1 amide bonds. The van der Waals surface area contributed by atoms with Crippen molar-refractivity contribution in [3.05, 3.63) is 21.6 Å². The second-order valence-corrected chi connectivity index (χ2v) is 3.87. The fourth-order valence-electron chi connectivity index (χ4n) is 1.47. The lowest BCUT2D eigenvalue weighted by molar-refractivity contribution is -0.118. The van der Waals surface area contributed by atoms with E-state index in [1.165, 1.54) is 0 Å². The minimum atomic E-state index is -0.223. The van der Waals surface area contributed by atoms with E-state index in [9.17, 15) is 9.59 Å². The Kier molecular flexibility index (Phi) is 4.96. The number of rotatable bonds is 5. The van der Waals surface area contributed by atoms with Gasteiger partial charge in [0, 0.05) is 17.8 Å². The summed E-state index contributed by atoms with van der Waals surface area (Å²) in [4.78, 5) is 28.8. The summed E-state index contributed by atoms with van der Waals surface area (Å²) in [7, 11) is 0. The number of H-pyrrole nitrogens is 1. The Bertz CT molecular complexity index is 458. The fourth-order valence-corrected chi connectivity index (χ4v) is 1.56. The average Bonchev–Trinajstić information content (AvgIpc) is 2.26. The van der Waals surface area contributed by atoms with Gasteiger partial charge in [-0.05, 0) is 19.8 Å². The second kappa shape index (κ2) is 6.24. The highest BCUT2D eigenvalue weighted by Crippen LogP contribution is 2.02. The number of halogens is 1. The number of aryl methyl sites for hydroxylation is 1. The first kappa shape index (κ1) is 13.5. The number of nitrogens with two attached hydrogens (primary N) is 1. The molecule has 0 aliphatic rings. The van der Waals surface area contributed by atoms with Crippen LogP contribution in [0.1, 0.15) is 17.7 Å². The topological polar surface area (TPSA) is 101 Å². The lowest BCUT2D eigenvalue weighted by Gasteiger charge is -2.05. The maximum Gasteiger partial charge on any atom is 0.255 e. The van der Waals surface area contributed by atoms with Gasteiger partial charge in [0.05, 0.1) is 0 Å². The molecule has 0 radical (unpaired) electrons. The first-order chi connectivity index (χ1) is 8.04. The quantitative estimate of drug-likeness (QED) is 0.509. The van der Waals surface area contributed by atoms with E-state index < -0.39 is 0 Å². The zero-order valence-corrected chi connectivity index (χ0v) is 10.3. The standard InChI is InChI=1S/C10H15ClN4O2/c1-6-7(9(17)15-10(12)14-6)3-2-4-13-8(16)5-11/h2-5H2,1H3,(H,13,16)(H3,12,14,15,17). The summed E-state index contributed by atoms with van der Waals surface area (Å²) >= 11 is 5.32. The van der Waals surface area contributed by atoms with Gasteiger partial charge in [-0.3, -0.25) is 14.6 Å². The SMILES string of the molecule is Cc1nc(N)[nH]c(=O)c1CCCNC(=O)CCl. The van der Waals surface area contributed by atoms with Crippen LogP contribution in [0.25, 0.3) is 0 Å². The number of alkyl halides is 1. The Morgan fingerprint density at radius 3 is 2.88 bits per heavy atom. The Hall–Kier alpha value is -1.56. The van der Waals surface area contributed by atoms with Crippen LogP contribution < -0.4 is 16.6 Å². The first-order valence-electron chi connectivity index (χ1n) is 5.22. The fraction of sp³-hybridized carbons (Fsp3) is 0.500. The Balaban J connectivity index is 2.53. The third kappa shape index (κ3) is 4.07. The monoisotopic (exact) mass is 258 g/mol. The number of amides is 1. The molecular weight excluding hydrogens is 244 g/mol. The second-order valence-electron chi connectivity index (χ2n) is 3.60. The van der Waals surface area contributed by atoms with Crippen LogP contribution in [0.5, 0.6) is 0 Å². The molecular formula is C10H15ClN4O2. The number of carbonyl (C=O) groups is 1. The van der Waals surface area contributed by atoms with E-state index in [1.54, 1.807) is 6.92 Å². The van der Waals surface area contributed by atoms with Gasteiger partial charge in [0.25, 0.3) is 5.56 Å². The Labute approximate surface area is 104 Å². The van der Waals surface area contributed by atoms with Gasteiger partial charge in [0.2, 0.25) is 11.9 Å². The van der Waals surface area contributed by atoms with Crippen LogP contribution in [0.3, 0.4) is 0 Å². The average molecular weight is 259 g/mol. The summed E-state index contributed by atoms with van der Waals surface area (Å²) in [5.41, 5.74) is 6.40. The van der Waals surface area contributed by atoms with Crippen LogP contribution in [-0.2, 0) is 11.2 Å².